The molecule has 30 heavy (non-hydrogen) atoms. The summed E-state index contributed by atoms with van der Waals surface area (Å²) in [6.45, 7) is 3.16. The first-order chi connectivity index (χ1) is 14.2. The second-order valence-corrected chi connectivity index (χ2v) is 10.5. The molecule has 1 unspecified atom stereocenters. The summed E-state index contributed by atoms with van der Waals surface area (Å²) in [6.07, 6.45) is 1.89. The van der Waals surface area contributed by atoms with Crippen LogP contribution in [-0.4, -0.2) is 43.5 Å². The number of aryl methyl sites for hydroxylation is 1. The zero-order chi connectivity index (χ0) is 21.5. The van der Waals surface area contributed by atoms with Gasteiger partial charge < -0.3 is 10.2 Å². The molecule has 2 aliphatic heterocycles. The fourth-order valence-corrected chi connectivity index (χ4v) is 5.70. The maximum Gasteiger partial charge on any atom is 0.261 e. The van der Waals surface area contributed by atoms with Gasteiger partial charge in [-0.15, -0.1) is 11.8 Å². The topological polar surface area (TPSA) is 95.6 Å². The van der Waals surface area contributed by atoms with Crippen molar-refractivity contribution >= 4 is 56.6 Å². The molecule has 1 atom stereocenters. The van der Waals surface area contributed by atoms with E-state index in [1.165, 1.54) is 12.1 Å². The summed E-state index contributed by atoms with van der Waals surface area (Å²) in [5.74, 6) is -0.632. The molecule has 7 nitrogen and oxygen atoms in total. The van der Waals surface area contributed by atoms with Crippen LogP contribution >= 0.6 is 23.4 Å². The van der Waals surface area contributed by atoms with Crippen molar-refractivity contribution in [3.8, 4) is 0 Å². The number of likely N-dealkylation sites (tertiary alicyclic amines) is 1. The van der Waals surface area contributed by atoms with Crippen molar-refractivity contribution in [1.82, 2.24) is 4.90 Å². The number of rotatable bonds is 4. The average Bonchev–Trinajstić information content (AvgIpc) is 3.24. The summed E-state index contributed by atoms with van der Waals surface area (Å²) in [5.41, 5.74) is 1.56. The smallest absolute Gasteiger partial charge is 0.261 e. The van der Waals surface area contributed by atoms with Crippen LogP contribution in [0.15, 0.2) is 46.2 Å². The molecule has 4 rings (SSSR count). The van der Waals surface area contributed by atoms with E-state index in [0.717, 1.165) is 30.2 Å². The van der Waals surface area contributed by atoms with Gasteiger partial charge in [-0.2, -0.15) is 0 Å². The molecule has 2 aromatic rings. The van der Waals surface area contributed by atoms with Crippen molar-refractivity contribution in [1.29, 1.82) is 0 Å². The van der Waals surface area contributed by atoms with Crippen LogP contribution in [0, 0.1) is 6.92 Å². The molecule has 2 aliphatic rings. The van der Waals surface area contributed by atoms with Crippen LogP contribution in [-0.2, 0) is 19.6 Å². The normalized spacial score (nSPS) is 18.7. The minimum atomic E-state index is -3.88. The summed E-state index contributed by atoms with van der Waals surface area (Å²) < 4.78 is 28.0. The van der Waals surface area contributed by atoms with E-state index in [4.69, 9.17) is 11.6 Å². The Hall–Kier alpha value is -2.23. The Morgan fingerprint density at radius 1 is 1.20 bits per heavy atom. The molecule has 0 saturated carbocycles. The lowest BCUT2D eigenvalue weighted by atomic mass is 10.2. The van der Waals surface area contributed by atoms with Crippen molar-refractivity contribution in [3.05, 3.63) is 47.0 Å². The largest absolute Gasteiger partial charge is 0.341 e. The van der Waals surface area contributed by atoms with Crippen molar-refractivity contribution in [3.63, 3.8) is 0 Å². The average molecular weight is 466 g/mol. The standard InChI is InChI=1S/C20H20ClN3O4S2/c1-12-4-5-13(10-15(12)21)23-30(27,28)14-6-7-17-16(11-14)22-19(25)18(29-17)20(26)24-8-2-3-9-24/h4-7,10-11,18,23H,2-3,8-9H2,1H3,(H,22,25). The molecular weight excluding hydrogens is 446 g/mol. The van der Waals surface area contributed by atoms with Gasteiger partial charge in [0.25, 0.3) is 10.0 Å². The molecule has 2 aromatic carbocycles. The highest BCUT2D eigenvalue weighted by molar-refractivity contribution is 8.01. The van der Waals surface area contributed by atoms with E-state index >= 15 is 0 Å². The molecule has 0 bridgehead atoms. The monoisotopic (exact) mass is 465 g/mol. The van der Waals surface area contributed by atoms with Crippen molar-refractivity contribution in [2.75, 3.05) is 23.1 Å². The third kappa shape index (κ3) is 4.14. The molecule has 2 heterocycles. The van der Waals surface area contributed by atoms with E-state index in [1.807, 2.05) is 6.92 Å². The Kier molecular flexibility index (Phi) is 5.69. The Labute approximate surface area is 184 Å². The Morgan fingerprint density at radius 2 is 1.93 bits per heavy atom. The second-order valence-electron chi connectivity index (χ2n) is 7.25. The first-order valence-electron chi connectivity index (χ1n) is 9.44. The number of halogens is 1. The number of thioether (sulfide) groups is 1. The molecule has 0 aliphatic carbocycles. The van der Waals surface area contributed by atoms with Crippen molar-refractivity contribution < 1.29 is 18.0 Å². The maximum atomic E-state index is 12.8. The van der Waals surface area contributed by atoms with Crippen LogP contribution in [0.5, 0.6) is 0 Å². The third-order valence-corrected chi connectivity index (χ3v) is 8.12. The van der Waals surface area contributed by atoms with Crippen LogP contribution in [0.25, 0.3) is 0 Å². The predicted octanol–water partition coefficient (Wildman–Crippen LogP) is 3.48. The zero-order valence-electron chi connectivity index (χ0n) is 16.1. The van der Waals surface area contributed by atoms with Gasteiger partial charge in [-0.25, -0.2) is 8.42 Å². The van der Waals surface area contributed by atoms with Gasteiger partial charge in [-0.1, -0.05) is 17.7 Å². The number of amides is 2. The molecule has 10 heteroatoms. The number of nitrogens with zero attached hydrogens (tertiary/aromatic N) is 1. The van der Waals surface area contributed by atoms with Crippen LogP contribution in [0.2, 0.25) is 5.02 Å². The summed E-state index contributed by atoms with van der Waals surface area (Å²) in [5, 5.41) is 2.29. The predicted molar refractivity (Wildman–Crippen MR) is 118 cm³/mol. The van der Waals surface area contributed by atoms with Gasteiger partial charge in [-0.3, -0.25) is 14.3 Å². The first-order valence-corrected chi connectivity index (χ1v) is 12.2. The zero-order valence-corrected chi connectivity index (χ0v) is 18.5. The Balaban J connectivity index is 1.55. The number of nitrogens with one attached hydrogen (secondary N) is 2. The van der Waals surface area contributed by atoms with E-state index in [2.05, 4.69) is 10.0 Å². The summed E-state index contributed by atoms with van der Waals surface area (Å²) in [7, 11) is -3.88. The molecule has 1 saturated heterocycles. The van der Waals surface area contributed by atoms with Gasteiger partial charge >= 0.3 is 0 Å². The number of benzene rings is 2. The van der Waals surface area contributed by atoms with Gasteiger partial charge in [0.2, 0.25) is 11.8 Å². The Bertz CT molecular complexity index is 1130. The highest BCUT2D eigenvalue weighted by Gasteiger charge is 2.37. The van der Waals surface area contributed by atoms with E-state index < -0.39 is 21.2 Å². The van der Waals surface area contributed by atoms with Crippen LogP contribution < -0.4 is 10.0 Å². The highest BCUT2D eigenvalue weighted by atomic mass is 35.5. The second kappa shape index (κ2) is 8.13. The summed E-state index contributed by atoms with van der Waals surface area (Å²) in [6, 6.07) is 9.36. The Morgan fingerprint density at radius 3 is 2.63 bits per heavy atom. The van der Waals surface area contributed by atoms with Gasteiger partial charge in [0.1, 0.15) is 0 Å². The molecule has 0 aromatic heterocycles. The van der Waals surface area contributed by atoms with E-state index in [9.17, 15) is 18.0 Å². The van der Waals surface area contributed by atoms with Gasteiger partial charge in [0.05, 0.1) is 16.3 Å². The molecule has 0 radical (unpaired) electrons. The number of hydrogen-bond acceptors (Lipinski definition) is 5. The maximum absolute atomic E-state index is 12.8. The summed E-state index contributed by atoms with van der Waals surface area (Å²) >= 11 is 7.22. The minimum Gasteiger partial charge on any atom is -0.341 e. The SMILES string of the molecule is Cc1ccc(NS(=O)(=O)c2ccc3c(c2)NC(=O)C(C(=O)N2CCCC2)S3)cc1Cl. The van der Waals surface area contributed by atoms with E-state index in [1.54, 1.807) is 29.2 Å². The fourth-order valence-electron chi connectivity index (χ4n) is 3.39. The van der Waals surface area contributed by atoms with Gasteiger partial charge in [0.15, 0.2) is 5.25 Å². The van der Waals surface area contributed by atoms with Crippen molar-refractivity contribution in [2.45, 2.75) is 34.8 Å². The molecule has 2 amide bonds. The van der Waals surface area contributed by atoms with E-state index in [-0.39, 0.29) is 10.8 Å². The number of fused-ring (bicyclic) bond motifs is 1. The first kappa shape index (κ1) is 21.0. The quantitative estimate of drug-likeness (QED) is 0.674. The number of carbonyl (C=O) groups excluding carboxylic acids is 2. The van der Waals surface area contributed by atoms with Crippen molar-refractivity contribution in [2.24, 2.45) is 0 Å². The third-order valence-electron chi connectivity index (χ3n) is 5.07. The minimum absolute atomic E-state index is 0.00293. The highest BCUT2D eigenvalue weighted by Crippen LogP contribution is 2.38. The molecule has 158 valence electrons. The lowest BCUT2D eigenvalue weighted by Crippen LogP contribution is -2.43. The van der Waals surface area contributed by atoms with Crippen LogP contribution in [0.4, 0.5) is 11.4 Å². The summed E-state index contributed by atoms with van der Waals surface area (Å²) in [4.78, 5) is 27.5. The molecule has 0 spiro atoms. The lowest BCUT2D eigenvalue weighted by Gasteiger charge is -2.27. The molecule has 2 N–H and O–H groups in total. The number of sulfonamides is 1. The number of carbonyl (C=O) groups is 2. The van der Waals surface area contributed by atoms with E-state index in [0.29, 0.717) is 34.4 Å². The number of hydrogen-bond donors (Lipinski definition) is 2. The van der Waals surface area contributed by atoms with Crippen LogP contribution in [0.3, 0.4) is 0 Å². The van der Waals surface area contributed by atoms with Gasteiger partial charge in [-0.05, 0) is 55.7 Å². The lowest BCUT2D eigenvalue weighted by molar-refractivity contribution is -0.133. The number of anilines is 2. The van der Waals surface area contributed by atoms with Crippen LogP contribution in [0.1, 0.15) is 18.4 Å². The van der Waals surface area contributed by atoms with Gasteiger partial charge in [0, 0.05) is 23.0 Å². The molecule has 1 fully saturated rings. The fraction of sp³-hybridized carbons (Fsp3) is 0.300. The molecular formula is C20H20ClN3O4S2.